The quantitative estimate of drug-likeness (QED) is 0.870. The van der Waals surface area contributed by atoms with E-state index in [2.05, 4.69) is 15.4 Å². The number of carbonyl (C=O) groups is 2. The first kappa shape index (κ1) is 15.5. The second-order valence-corrected chi connectivity index (χ2v) is 4.36. The van der Waals surface area contributed by atoms with Crippen molar-refractivity contribution in [3.63, 3.8) is 0 Å². The minimum absolute atomic E-state index is 0.0230. The third-order valence-electron chi connectivity index (χ3n) is 2.46. The lowest BCUT2D eigenvalue weighted by molar-refractivity contribution is -0.119. The first-order chi connectivity index (χ1) is 9.02. The van der Waals surface area contributed by atoms with E-state index >= 15 is 0 Å². The summed E-state index contributed by atoms with van der Waals surface area (Å²) in [7, 11) is 0. The minimum atomic E-state index is -0.728. The van der Waals surface area contributed by atoms with Gasteiger partial charge in [-0.15, -0.1) is 0 Å². The van der Waals surface area contributed by atoms with Gasteiger partial charge in [-0.3, -0.25) is 10.1 Å². The van der Waals surface area contributed by atoms with Crippen LogP contribution < -0.4 is 10.6 Å². The first-order valence-electron chi connectivity index (χ1n) is 5.98. The molecule has 0 aliphatic carbocycles. The molecule has 0 heterocycles. The summed E-state index contributed by atoms with van der Waals surface area (Å²) in [5.41, 5.74) is 1.01. The van der Waals surface area contributed by atoms with E-state index in [0.29, 0.717) is 5.02 Å². The van der Waals surface area contributed by atoms with Gasteiger partial charge in [0.1, 0.15) is 0 Å². The van der Waals surface area contributed by atoms with Crippen molar-refractivity contribution in [1.29, 1.82) is 0 Å². The zero-order valence-corrected chi connectivity index (χ0v) is 11.7. The molecule has 1 rings (SSSR count). The second-order valence-electron chi connectivity index (χ2n) is 3.92. The Morgan fingerprint density at radius 2 is 1.95 bits per heavy atom. The van der Waals surface area contributed by atoms with E-state index in [-0.39, 0.29) is 19.2 Å². The van der Waals surface area contributed by atoms with Crippen molar-refractivity contribution in [2.75, 3.05) is 13.2 Å². The van der Waals surface area contributed by atoms with Gasteiger partial charge in [0.05, 0.1) is 13.2 Å². The van der Waals surface area contributed by atoms with E-state index in [1.807, 2.05) is 19.1 Å². The van der Waals surface area contributed by atoms with Crippen LogP contribution >= 0.6 is 11.6 Å². The van der Waals surface area contributed by atoms with Crippen LogP contribution in [0.5, 0.6) is 0 Å². The highest BCUT2D eigenvalue weighted by molar-refractivity contribution is 6.30. The van der Waals surface area contributed by atoms with Crippen LogP contribution in [0.4, 0.5) is 4.79 Å². The summed E-state index contributed by atoms with van der Waals surface area (Å²) in [5.74, 6) is -0.431. The van der Waals surface area contributed by atoms with Crippen molar-refractivity contribution in [1.82, 2.24) is 10.6 Å². The van der Waals surface area contributed by atoms with E-state index in [4.69, 9.17) is 11.6 Å². The SMILES string of the molecule is CCOC(=O)NC(=O)CN[C@H](C)c1ccc(Cl)cc1. The van der Waals surface area contributed by atoms with Crippen LogP contribution in [0.3, 0.4) is 0 Å². The van der Waals surface area contributed by atoms with Crippen molar-refractivity contribution in [2.45, 2.75) is 19.9 Å². The van der Waals surface area contributed by atoms with Gasteiger partial charge in [0.25, 0.3) is 0 Å². The molecule has 0 aliphatic rings. The average Bonchev–Trinajstić information content (AvgIpc) is 2.37. The van der Waals surface area contributed by atoms with Crippen LogP contribution in [-0.2, 0) is 9.53 Å². The van der Waals surface area contributed by atoms with Crippen LogP contribution in [0.2, 0.25) is 5.02 Å². The normalized spacial score (nSPS) is 11.7. The maximum atomic E-state index is 11.4. The minimum Gasteiger partial charge on any atom is -0.450 e. The summed E-state index contributed by atoms with van der Waals surface area (Å²) >= 11 is 5.79. The van der Waals surface area contributed by atoms with Gasteiger partial charge in [-0.05, 0) is 31.5 Å². The fraction of sp³-hybridized carbons (Fsp3) is 0.385. The van der Waals surface area contributed by atoms with E-state index in [9.17, 15) is 9.59 Å². The smallest absolute Gasteiger partial charge is 0.413 e. The van der Waals surface area contributed by atoms with Crippen LogP contribution in [0.15, 0.2) is 24.3 Å². The lowest BCUT2D eigenvalue weighted by Crippen LogP contribution is -2.38. The predicted molar refractivity (Wildman–Crippen MR) is 73.0 cm³/mol. The maximum Gasteiger partial charge on any atom is 0.413 e. The van der Waals surface area contributed by atoms with Crippen molar-refractivity contribution in [3.8, 4) is 0 Å². The Morgan fingerprint density at radius 1 is 1.32 bits per heavy atom. The van der Waals surface area contributed by atoms with Gasteiger partial charge in [-0.25, -0.2) is 4.79 Å². The molecule has 0 saturated heterocycles. The summed E-state index contributed by atoms with van der Waals surface area (Å²) in [6, 6.07) is 7.30. The van der Waals surface area contributed by atoms with E-state index in [1.54, 1.807) is 19.1 Å². The Balaban J connectivity index is 2.37. The molecular weight excluding hydrogens is 268 g/mol. The molecule has 1 aromatic carbocycles. The summed E-state index contributed by atoms with van der Waals surface area (Å²) in [6.45, 7) is 3.85. The lowest BCUT2D eigenvalue weighted by atomic mass is 10.1. The molecule has 19 heavy (non-hydrogen) atoms. The fourth-order valence-corrected chi connectivity index (χ4v) is 1.57. The first-order valence-corrected chi connectivity index (χ1v) is 6.36. The monoisotopic (exact) mass is 284 g/mol. The highest BCUT2D eigenvalue weighted by Gasteiger charge is 2.10. The number of ether oxygens (including phenoxy) is 1. The predicted octanol–water partition coefficient (Wildman–Crippen LogP) is 2.26. The zero-order chi connectivity index (χ0) is 14.3. The summed E-state index contributed by atoms with van der Waals surface area (Å²) in [4.78, 5) is 22.4. The van der Waals surface area contributed by atoms with Crippen molar-refractivity contribution >= 4 is 23.6 Å². The second kappa shape index (κ2) is 7.76. The number of amides is 2. The van der Waals surface area contributed by atoms with Gasteiger partial charge in [0.2, 0.25) is 5.91 Å². The van der Waals surface area contributed by atoms with Crippen molar-refractivity contribution in [3.05, 3.63) is 34.9 Å². The van der Waals surface area contributed by atoms with Gasteiger partial charge in [0, 0.05) is 11.1 Å². The standard InChI is InChI=1S/C13H17ClN2O3/c1-3-19-13(18)16-12(17)8-15-9(2)10-4-6-11(14)7-5-10/h4-7,9,15H,3,8H2,1-2H3,(H,16,17,18)/t9-/m1/s1. The molecule has 0 unspecified atom stereocenters. The van der Waals surface area contributed by atoms with E-state index < -0.39 is 12.0 Å². The molecular formula is C13H17ClN2O3. The lowest BCUT2D eigenvalue weighted by Gasteiger charge is -2.13. The third kappa shape index (κ3) is 5.72. The van der Waals surface area contributed by atoms with Crippen LogP contribution in [0.1, 0.15) is 25.5 Å². The topological polar surface area (TPSA) is 67.4 Å². The molecule has 0 spiro atoms. The Kier molecular flexibility index (Phi) is 6.32. The summed E-state index contributed by atoms with van der Waals surface area (Å²) in [6.07, 6.45) is -0.728. The number of hydrogen-bond acceptors (Lipinski definition) is 4. The molecule has 0 saturated carbocycles. The van der Waals surface area contributed by atoms with Gasteiger partial charge in [-0.1, -0.05) is 23.7 Å². The Bertz CT molecular complexity index is 434. The van der Waals surface area contributed by atoms with Crippen molar-refractivity contribution in [2.24, 2.45) is 0 Å². The number of carbonyl (C=O) groups excluding carboxylic acids is 2. The van der Waals surface area contributed by atoms with E-state index in [0.717, 1.165) is 5.56 Å². The molecule has 1 aromatic rings. The molecule has 0 bridgehead atoms. The van der Waals surface area contributed by atoms with Crippen LogP contribution in [-0.4, -0.2) is 25.2 Å². The highest BCUT2D eigenvalue weighted by Crippen LogP contribution is 2.15. The molecule has 104 valence electrons. The number of nitrogens with one attached hydrogen (secondary N) is 2. The van der Waals surface area contributed by atoms with Gasteiger partial charge in [0.15, 0.2) is 0 Å². The number of benzene rings is 1. The third-order valence-corrected chi connectivity index (χ3v) is 2.71. The molecule has 1 atom stereocenters. The highest BCUT2D eigenvalue weighted by atomic mass is 35.5. The maximum absolute atomic E-state index is 11.4. The Hall–Kier alpha value is -1.59. The van der Waals surface area contributed by atoms with Crippen molar-refractivity contribution < 1.29 is 14.3 Å². The number of hydrogen-bond donors (Lipinski definition) is 2. The Morgan fingerprint density at radius 3 is 2.53 bits per heavy atom. The zero-order valence-electron chi connectivity index (χ0n) is 10.9. The molecule has 6 heteroatoms. The molecule has 2 N–H and O–H groups in total. The Labute approximate surface area is 117 Å². The van der Waals surface area contributed by atoms with E-state index in [1.165, 1.54) is 0 Å². The number of rotatable bonds is 5. The number of halogens is 1. The molecule has 0 aromatic heterocycles. The molecule has 5 nitrogen and oxygen atoms in total. The molecule has 0 fully saturated rings. The van der Waals surface area contributed by atoms with Crippen LogP contribution in [0.25, 0.3) is 0 Å². The van der Waals surface area contributed by atoms with Crippen LogP contribution in [0, 0.1) is 0 Å². The number of alkyl carbamates (subject to hydrolysis) is 1. The average molecular weight is 285 g/mol. The molecule has 0 aliphatic heterocycles. The van der Waals surface area contributed by atoms with Gasteiger partial charge in [-0.2, -0.15) is 0 Å². The van der Waals surface area contributed by atoms with Gasteiger partial charge >= 0.3 is 6.09 Å². The molecule has 2 amide bonds. The largest absolute Gasteiger partial charge is 0.450 e. The summed E-state index contributed by atoms with van der Waals surface area (Å²) < 4.78 is 4.60. The molecule has 0 radical (unpaired) electrons. The number of imide groups is 1. The van der Waals surface area contributed by atoms with Gasteiger partial charge < -0.3 is 10.1 Å². The fourth-order valence-electron chi connectivity index (χ4n) is 1.44. The summed E-state index contributed by atoms with van der Waals surface area (Å²) in [5, 5.41) is 5.78.